The van der Waals surface area contributed by atoms with Gasteiger partial charge in [0, 0.05) is 29.9 Å². The lowest BCUT2D eigenvalue weighted by atomic mass is 10.2. The summed E-state index contributed by atoms with van der Waals surface area (Å²) in [4.78, 5) is 16.1. The number of aromatic nitrogens is 2. The molecule has 2 heterocycles. The summed E-state index contributed by atoms with van der Waals surface area (Å²) in [7, 11) is 1.60. The number of halogens is 1. The molecule has 0 saturated carbocycles. The normalized spacial score (nSPS) is 10.8. The molecule has 0 aliphatic rings. The zero-order valence-corrected chi connectivity index (χ0v) is 12.5. The highest BCUT2D eigenvalue weighted by Gasteiger charge is 2.10. The van der Waals surface area contributed by atoms with Crippen LogP contribution >= 0.6 is 11.6 Å². The zero-order chi connectivity index (χ0) is 15.0. The van der Waals surface area contributed by atoms with Gasteiger partial charge in [-0.2, -0.15) is 0 Å². The quantitative estimate of drug-likeness (QED) is 0.789. The Bertz CT molecular complexity index is 839. The Morgan fingerprint density at radius 3 is 2.86 bits per heavy atom. The molecule has 0 atom stereocenters. The fourth-order valence-electron chi connectivity index (χ4n) is 2.33. The van der Waals surface area contributed by atoms with Gasteiger partial charge in [-0.25, -0.2) is 4.98 Å². The average molecular weight is 300 g/mol. The van der Waals surface area contributed by atoms with Crippen LogP contribution in [0.25, 0.3) is 16.7 Å². The summed E-state index contributed by atoms with van der Waals surface area (Å²) >= 11 is 6.08. The van der Waals surface area contributed by atoms with E-state index in [4.69, 9.17) is 11.6 Å². The van der Waals surface area contributed by atoms with E-state index in [9.17, 15) is 4.79 Å². The molecule has 0 spiro atoms. The van der Waals surface area contributed by atoms with Crippen LogP contribution < -0.4 is 5.32 Å². The Hall–Kier alpha value is -2.33. The van der Waals surface area contributed by atoms with Crippen LogP contribution in [0, 0.1) is 6.92 Å². The molecule has 0 saturated heterocycles. The average Bonchev–Trinajstić information content (AvgIpc) is 2.91. The maximum absolute atomic E-state index is 11.7. The minimum absolute atomic E-state index is 0.143. The Labute approximate surface area is 127 Å². The molecule has 0 unspecified atom stereocenters. The van der Waals surface area contributed by atoms with E-state index in [0.717, 1.165) is 22.3 Å². The zero-order valence-electron chi connectivity index (χ0n) is 11.7. The first kappa shape index (κ1) is 13.6. The van der Waals surface area contributed by atoms with Crippen LogP contribution in [0.2, 0.25) is 5.02 Å². The number of nitrogens with one attached hydrogen (secondary N) is 1. The Kier molecular flexibility index (Phi) is 3.39. The van der Waals surface area contributed by atoms with Gasteiger partial charge in [-0.15, -0.1) is 0 Å². The van der Waals surface area contributed by atoms with Gasteiger partial charge in [0.1, 0.15) is 5.65 Å². The van der Waals surface area contributed by atoms with Gasteiger partial charge in [0.15, 0.2) is 0 Å². The van der Waals surface area contributed by atoms with Crippen molar-refractivity contribution in [3.05, 3.63) is 58.9 Å². The van der Waals surface area contributed by atoms with Crippen LogP contribution in [0.15, 0.2) is 42.7 Å². The molecule has 0 aliphatic carbocycles. The lowest BCUT2D eigenvalue weighted by molar-refractivity contribution is 0.0963. The molecule has 0 fully saturated rings. The number of hydrogen-bond donors (Lipinski definition) is 1. The lowest BCUT2D eigenvalue weighted by Crippen LogP contribution is -2.17. The van der Waals surface area contributed by atoms with Crippen LogP contribution in [0.3, 0.4) is 0 Å². The Morgan fingerprint density at radius 2 is 2.10 bits per heavy atom. The van der Waals surface area contributed by atoms with Crippen molar-refractivity contribution in [3.63, 3.8) is 0 Å². The first-order chi connectivity index (χ1) is 10.1. The SMILES string of the molecule is CNC(=O)c1cnc2c(ccn2-c2cc(Cl)ccc2C)c1. The molecule has 21 heavy (non-hydrogen) atoms. The molecule has 3 aromatic rings. The highest BCUT2D eigenvalue weighted by molar-refractivity contribution is 6.30. The number of amides is 1. The van der Waals surface area contributed by atoms with E-state index in [0.29, 0.717) is 10.6 Å². The van der Waals surface area contributed by atoms with Crippen molar-refractivity contribution in [1.82, 2.24) is 14.9 Å². The predicted octanol–water partition coefficient (Wildman–Crippen LogP) is 3.35. The van der Waals surface area contributed by atoms with Gasteiger partial charge in [-0.05, 0) is 36.8 Å². The number of benzene rings is 1. The molecule has 1 N–H and O–H groups in total. The van der Waals surface area contributed by atoms with Crippen molar-refractivity contribution >= 4 is 28.5 Å². The smallest absolute Gasteiger partial charge is 0.252 e. The van der Waals surface area contributed by atoms with E-state index in [-0.39, 0.29) is 5.91 Å². The van der Waals surface area contributed by atoms with E-state index in [2.05, 4.69) is 10.3 Å². The van der Waals surface area contributed by atoms with Gasteiger partial charge in [-0.1, -0.05) is 17.7 Å². The molecule has 1 amide bonds. The predicted molar refractivity (Wildman–Crippen MR) is 84.2 cm³/mol. The molecule has 0 radical (unpaired) electrons. The standard InChI is InChI=1S/C16H14ClN3O/c1-10-3-4-13(17)8-14(10)20-6-5-11-7-12(16(21)18-2)9-19-15(11)20/h3-9H,1-2H3,(H,18,21). The maximum atomic E-state index is 11.7. The number of carbonyl (C=O) groups excluding carboxylic acids is 1. The fraction of sp³-hybridized carbons (Fsp3) is 0.125. The second kappa shape index (κ2) is 5.22. The van der Waals surface area contributed by atoms with Crippen molar-refractivity contribution in [1.29, 1.82) is 0 Å². The molecule has 0 bridgehead atoms. The van der Waals surface area contributed by atoms with Crippen molar-refractivity contribution in [2.75, 3.05) is 7.05 Å². The Balaban J connectivity index is 2.17. The van der Waals surface area contributed by atoms with E-state index < -0.39 is 0 Å². The largest absolute Gasteiger partial charge is 0.355 e. The highest BCUT2D eigenvalue weighted by Crippen LogP contribution is 2.24. The van der Waals surface area contributed by atoms with Crippen molar-refractivity contribution in [2.45, 2.75) is 6.92 Å². The topological polar surface area (TPSA) is 46.9 Å². The summed E-state index contributed by atoms with van der Waals surface area (Å²) in [5, 5.41) is 4.19. The fourth-order valence-corrected chi connectivity index (χ4v) is 2.50. The molecule has 0 aliphatic heterocycles. The number of hydrogen-bond acceptors (Lipinski definition) is 2. The van der Waals surface area contributed by atoms with Crippen LogP contribution in [-0.2, 0) is 0 Å². The maximum Gasteiger partial charge on any atom is 0.252 e. The number of nitrogens with zero attached hydrogens (tertiary/aromatic N) is 2. The van der Waals surface area contributed by atoms with Crippen LogP contribution in [0.5, 0.6) is 0 Å². The summed E-state index contributed by atoms with van der Waals surface area (Å²) in [5.41, 5.74) is 3.44. The summed E-state index contributed by atoms with van der Waals surface area (Å²) < 4.78 is 1.98. The molecule has 4 nitrogen and oxygen atoms in total. The highest BCUT2D eigenvalue weighted by atomic mass is 35.5. The molecular formula is C16H14ClN3O. The summed E-state index contributed by atoms with van der Waals surface area (Å²) in [6.45, 7) is 2.02. The van der Waals surface area contributed by atoms with Crippen molar-refractivity contribution in [3.8, 4) is 5.69 Å². The minimum atomic E-state index is -0.143. The van der Waals surface area contributed by atoms with Gasteiger partial charge in [0.05, 0.1) is 11.3 Å². The van der Waals surface area contributed by atoms with Gasteiger partial charge >= 0.3 is 0 Å². The number of fused-ring (bicyclic) bond motifs is 1. The number of pyridine rings is 1. The third kappa shape index (κ3) is 2.38. The monoisotopic (exact) mass is 299 g/mol. The minimum Gasteiger partial charge on any atom is -0.355 e. The summed E-state index contributed by atoms with van der Waals surface area (Å²) in [6.07, 6.45) is 3.52. The first-order valence-electron chi connectivity index (χ1n) is 6.56. The molecule has 106 valence electrons. The molecular weight excluding hydrogens is 286 g/mol. The third-order valence-corrected chi connectivity index (χ3v) is 3.68. The van der Waals surface area contributed by atoms with Crippen molar-refractivity contribution in [2.24, 2.45) is 0 Å². The van der Waals surface area contributed by atoms with Gasteiger partial charge < -0.3 is 9.88 Å². The van der Waals surface area contributed by atoms with Crippen molar-refractivity contribution < 1.29 is 4.79 Å². The Morgan fingerprint density at radius 1 is 1.29 bits per heavy atom. The molecule has 2 aromatic heterocycles. The molecule has 3 rings (SSSR count). The summed E-state index contributed by atoms with van der Waals surface area (Å²) in [5.74, 6) is -0.143. The number of carbonyl (C=O) groups is 1. The van der Waals surface area contributed by atoms with Gasteiger partial charge in [0.2, 0.25) is 0 Å². The molecule has 1 aromatic carbocycles. The van der Waals surface area contributed by atoms with Crippen LogP contribution in [0.1, 0.15) is 15.9 Å². The number of aryl methyl sites for hydroxylation is 1. The van der Waals surface area contributed by atoms with E-state index in [1.54, 1.807) is 13.2 Å². The van der Waals surface area contributed by atoms with Crippen LogP contribution in [-0.4, -0.2) is 22.5 Å². The van der Waals surface area contributed by atoms with E-state index in [1.807, 2.05) is 48.0 Å². The number of rotatable bonds is 2. The third-order valence-electron chi connectivity index (χ3n) is 3.45. The van der Waals surface area contributed by atoms with E-state index in [1.165, 1.54) is 0 Å². The second-order valence-electron chi connectivity index (χ2n) is 4.83. The molecule has 5 heteroatoms. The van der Waals surface area contributed by atoms with E-state index >= 15 is 0 Å². The van der Waals surface area contributed by atoms with Gasteiger partial charge in [-0.3, -0.25) is 4.79 Å². The van der Waals surface area contributed by atoms with Crippen LogP contribution in [0.4, 0.5) is 0 Å². The van der Waals surface area contributed by atoms with Gasteiger partial charge in [0.25, 0.3) is 5.91 Å². The summed E-state index contributed by atoms with van der Waals surface area (Å²) in [6, 6.07) is 9.52. The lowest BCUT2D eigenvalue weighted by Gasteiger charge is -2.09. The second-order valence-corrected chi connectivity index (χ2v) is 5.27. The first-order valence-corrected chi connectivity index (χ1v) is 6.93.